The smallest absolute Gasteiger partial charge is 0.159 e. The van der Waals surface area contributed by atoms with Gasteiger partial charge in [0, 0.05) is 12.0 Å². The van der Waals surface area contributed by atoms with Crippen molar-refractivity contribution >= 4 is 0 Å². The van der Waals surface area contributed by atoms with Crippen molar-refractivity contribution < 1.29 is 9.13 Å². The Hall–Kier alpha value is -1.97. The fraction of sp³-hybridized carbons (Fsp3) is 0.643. The molecular weight excluding hydrogens is 399 g/mol. The first kappa shape index (κ1) is 26.3. The summed E-state index contributed by atoms with van der Waals surface area (Å²) in [4.78, 5) is 8.87. The molecule has 0 amide bonds. The topological polar surface area (TPSA) is 35.0 Å². The van der Waals surface area contributed by atoms with Crippen LogP contribution in [0.3, 0.4) is 0 Å². The van der Waals surface area contributed by atoms with Crippen molar-refractivity contribution in [3.05, 3.63) is 42.2 Å². The maximum absolute atomic E-state index is 14.3. The SMILES string of the molecule is CCCCCCCCc1ccc(-c2ncc(OCCC(F)C(C)CCCCC)cn2)cc1. The summed E-state index contributed by atoms with van der Waals surface area (Å²) in [5.41, 5.74) is 2.38. The van der Waals surface area contributed by atoms with Gasteiger partial charge < -0.3 is 4.74 Å². The van der Waals surface area contributed by atoms with E-state index in [9.17, 15) is 4.39 Å². The molecule has 0 aliphatic carbocycles. The number of halogens is 1. The number of aryl methyl sites for hydroxylation is 1. The van der Waals surface area contributed by atoms with Crippen LogP contribution in [0, 0.1) is 5.92 Å². The van der Waals surface area contributed by atoms with Crippen molar-refractivity contribution in [1.29, 1.82) is 0 Å². The third kappa shape index (κ3) is 10.1. The van der Waals surface area contributed by atoms with Gasteiger partial charge in [0.1, 0.15) is 6.17 Å². The van der Waals surface area contributed by atoms with Crippen molar-refractivity contribution in [2.75, 3.05) is 6.61 Å². The molecule has 0 aliphatic heterocycles. The molecule has 0 fully saturated rings. The average molecular weight is 443 g/mol. The van der Waals surface area contributed by atoms with Crippen molar-refractivity contribution in [1.82, 2.24) is 9.97 Å². The fourth-order valence-electron chi connectivity index (χ4n) is 3.94. The van der Waals surface area contributed by atoms with Crippen LogP contribution < -0.4 is 4.74 Å². The van der Waals surface area contributed by atoms with Crippen LogP contribution in [0.2, 0.25) is 0 Å². The van der Waals surface area contributed by atoms with Crippen LogP contribution in [-0.2, 0) is 6.42 Å². The molecule has 0 N–H and O–H groups in total. The number of aromatic nitrogens is 2. The van der Waals surface area contributed by atoms with Gasteiger partial charge in [-0.05, 0) is 30.7 Å². The molecule has 3 nitrogen and oxygen atoms in total. The van der Waals surface area contributed by atoms with E-state index in [4.69, 9.17) is 4.74 Å². The van der Waals surface area contributed by atoms with Crippen molar-refractivity contribution in [2.24, 2.45) is 5.92 Å². The van der Waals surface area contributed by atoms with Crippen LogP contribution in [0.15, 0.2) is 36.7 Å². The highest BCUT2D eigenvalue weighted by atomic mass is 19.1. The molecule has 0 aliphatic rings. The maximum atomic E-state index is 14.3. The van der Waals surface area contributed by atoms with E-state index in [-0.39, 0.29) is 5.92 Å². The molecule has 0 spiro atoms. The monoisotopic (exact) mass is 442 g/mol. The van der Waals surface area contributed by atoms with Gasteiger partial charge >= 0.3 is 0 Å². The largest absolute Gasteiger partial charge is 0.490 e. The predicted octanol–water partition coefficient (Wildman–Crippen LogP) is 8.37. The van der Waals surface area contributed by atoms with E-state index in [1.54, 1.807) is 12.4 Å². The van der Waals surface area contributed by atoms with Gasteiger partial charge in [-0.25, -0.2) is 14.4 Å². The summed E-state index contributed by atoms with van der Waals surface area (Å²) in [7, 11) is 0. The maximum Gasteiger partial charge on any atom is 0.159 e. The number of hydrogen-bond donors (Lipinski definition) is 0. The zero-order chi connectivity index (χ0) is 23.0. The molecule has 2 rings (SSSR count). The van der Waals surface area contributed by atoms with Gasteiger partial charge in [-0.2, -0.15) is 0 Å². The molecule has 2 unspecified atom stereocenters. The highest BCUT2D eigenvalue weighted by molar-refractivity contribution is 5.55. The number of nitrogens with zero attached hydrogens (tertiary/aromatic N) is 2. The van der Waals surface area contributed by atoms with Crippen LogP contribution in [0.4, 0.5) is 4.39 Å². The van der Waals surface area contributed by atoms with Crippen LogP contribution in [0.1, 0.15) is 97.0 Å². The van der Waals surface area contributed by atoms with Crippen LogP contribution in [-0.4, -0.2) is 22.7 Å². The van der Waals surface area contributed by atoms with E-state index in [1.807, 2.05) is 6.92 Å². The van der Waals surface area contributed by atoms with Crippen LogP contribution in [0.25, 0.3) is 11.4 Å². The average Bonchev–Trinajstić information content (AvgIpc) is 2.82. The molecule has 0 radical (unpaired) electrons. The number of unbranched alkanes of at least 4 members (excludes halogenated alkanes) is 7. The van der Waals surface area contributed by atoms with E-state index in [0.29, 0.717) is 24.6 Å². The Morgan fingerprint density at radius 3 is 2.12 bits per heavy atom. The van der Waals surface area contributed by atoms with Crippen molar-refractivity contribution in [3.63, 3.8) is 0 Å². The van der Waals surface area contributed by atoms with E-state index < -0.39 is 6.17 Å². The lowest BCUT2D eigenvalue weighted by molar-refractivity contribution is 0.176. The van der Waals surface area contributed by atoms with Gasteiger partial charge in [-0.1, -0.05) is 96.4 Å². The lowest BCUT2D eigenvalue weighted by Gasteiger charge is -2.16. The van der Waals surface area contributed by atoms with Crippen molar-refractivity contribution in [3.8, 4) is 17.1 Å². The Morgan fingerprint density at radius 1 is 0.812 bits per heavy atom. The normalized spacial score (nSPS) is 13.1. The molecule has 32 heavy (non-hydrogen) atoms. The first-order valence-electron chi connectivity index (χ1n) is 12.8. The molecule has 0 bridgehead atoms. The second kappa shape index (κ2) is 15.8. The molecule has 2 atom stereocenters. The number of hydrogen-bond acceptors (Lipinski definition) is 3. The zero-order valence-electron chi connectivity index (χ0n) is 20.5. The second-order valence-corrected chi connectivity index (χ2v) is 9.08. The first-order valence-corrected chi connectivity index (χ1v) is 12.8. The minimum atomic E-state index is -0.818. The van der Waals surface area contributed by atoms with Gasteiger partial charge in [0.2, 0.25) is 0 Å². The Kier molecular flexibility index (Phi) is 13.0. The number of ether oxygens (including phenoxy) is 1. The third-order valence-corrected chi connectivity index (χ3v) is 6.20. The summed E-state index contributed by atoms with van der Waals surface area (Å²) < 4.78 is 20.0. The van der Waals surface area contributed by atoms with Gasteiger partial charge in [0.15, 0.2) is 11.6 Å². The molecule has 178 valence electrons. The number of alkyl halides is 1. The lowest BCUT2D eigenvalue weighted by atomic mass is 9.97. The van der Waals surface area contributed by atoms with Crippen molar-refractivity contribution in [2.45, 2.75) is 104 Å². The lowest BCUT2D eigenvalue weighted by Crippen LogP contribution is -2.16. The Morgan fingerprint density at radius 2 is 1.44 bits per heavy atom. The highest BCUT2D eigenvalue weighted by Gasteiger charge is 2.16. The summed E-state index contributed by atoms with van der Waals surface area (Å²) in [6, 6.07) is 8.54. The number of rotatable bonds is 17. The zero-order valence-corrected chi connectivity index (χ0v) is 20.5. The van der Waals surface area contributed by atoms with E-state index in [0.717, 1.165) is 24.8 Å². The Bertz CT molecular complexity index is 717. The molecular formula is C28H43FN2O. The molecule has 4 heteroatoms. The molecule has 0 saturated carbocycles. The minimum Gasteiger partial charge on any atom is -0.490 e. The summed E-state index contributed by atoms with van der Waals surface area (Å²) in [6.07, 6.45) is 16.4. The Balaban J connectivity index is 1.71. The van der Waals surface area contributed by atoms with Gasteiger partial charge in [-0.15, -0.1) is 0 Å². The quantitative estimate of drug-likeness (QED) is 0.231. The van der Waals surface area contributed by atoms with E-state index in [1.165, 1.54) is 56.9 Å². The predicted molar refractivity (Wildman–Crippen MR) is 133 cm³/mol. The van der Waals surface area contributed by atoms with E-state index in [2.05, 4.69) is 48.1 Å². The van der Waals surface area contributed by atoms with Crippen LogP contribution >= 0.6 is 0 Å². The Labute approximate surface area is 195 Å². The fourth-order valence-corrected chi connectivity index (χ4v) is 3.94. The first-order chi connectivity index (χ1) is 15.6. The molecule has 0 saturated heterocycles. The standard InChI is InChI=1S/C28H43FN2O/c1-4-6-8-9-10-12-14-24-15-17-25(18-16-24)28-30-21-26(22-31-28)32-20-19-27(29)23(3)13-11-7-5-2/h15-18,21-23,27H,4-14,19-20H2,1-3H3. The van der Waals surface area contributed by atoms with Crippen LogP contribution in [0.5, 0.6) is 5.75 Å². The van der Waals surface area contributed by atoms with Gasteiger partial charge in [0.05, 0.1) is 19.0 Å². The molecule has 1 heterocycles. The highest BCUT2D eigenvalue weighted by Crippen LogP contribution is 2.21. The summed E-state index contributed by atoms with van der Waals surface area (Å²) in [5, 5.41) is 0. The molecule has 1 aromatic carbocycles. The number of benzene rings is 1. The minimum absolute atomic E-state index is 0.0906. The second-order valence-electron chi connectivity index (χ2n) is 9.08. The molecule has 1 aromatic heterocycles. The third-order valence-electron chi connectivity index (χ3n) is 6.20. The summed E-state index contributed by atoms with van der Waals surface area (Å²) in [5.74, 6) is 1.38. The summed E-state index contributed by atoms with van der Waals surface area (Å²) >= 11 is 0. The van der Waals surface area contributed by atoms with E-state index >= 15 is 0 Å². The van der Waals surface area contributed by atoms with Gasteiger partial charge in [-0.3, -0.25) is 0 Å². The molecule has 2 aromatic rings. The van der Waals surface area contributed by atoms with Gasteiger partial charge in [0.25, 0.3) is 0 Å². The summed E-state index contributed by atoms with van der Waals surface area (Å²) in [6.45, 7) is 6.78.